The quantitative estimate of drug-likeness (QED) is 0.497. The van der Waals surface area contributed by atoms with Gasteiger partial charge in [0, 0.05) is 0 Å². The molecule has 0 aliphatic carbocycles. The normalized spacial score (nSPS) is 7.08. The Balaban J connectivity index is -0.000000333. The third-order valence-corrected chi connectivity index (χ3v) is 1.20. The summed E-state index contributed by atoms with van der Waals surface area (Å²) in [6, 6.07) is 9.13. The molecule has 0 saturated carbocycles. The summed E-state index contributed by atoms with van der Waals surface area (Å²) in [6.45, 7) is 0. The zero-order valence-electron chi connectivity index (χ0n) is 7.33. The molecular weight excluding hydrogens is 203 g/mol. The number of carbonyl (C=O) groups is 1. The van der Waals surface area contributed by atoms with Crippen LogP contribution in [0.25, 0.3) is 0 Å². The molecule has 68 valence electrons. The fourth-order valence-corrected chi connectivity index (χ4v) is 0.770. The SMILES string of the molecule is O.O=C(O)Cc1ccccc1.[Cl-].[Na+]. The average molecular weight is 213 g/mol. The van der Waals surface area contributed by atoms with Crippen LogP contribution in [0, 0.1) is 0 Å². The van der Waals surface area contributed by atoms with E-state index in [1.165, 1.54) is 0 Å². The molecule has 13 heavy (non-hydrogen) atoms. The van der Waals surface area contributed by atoms with Crippen LogP contribution in [0.3, 0.4) is 0 Å². The van der Waals surface area contributed by atoms with E-state index in [1.807, 2.05) is 18.2 Å². The fraction of sp³-hybridized carbons (Fsp3) is 0.125. The van der Waals surface area contributed by atoms with E-state index < -0.39 is 5.97 Å². The molecule has 5 heteroatoms. The Hall–Kier alpha value is -0.0600. The molecule has 0 aromatic heterocycles. The van der Waals surface area contributed by atoms with E-state index in [2.05, 4.69) is 0 Å². The molecule has 3 nitrogen and oxygen atoms in total. The second-order valence-corrected chi connectivity index (χ2v) is 2.06. The van der Waals surface area contributed by atoms with Gasteiger partial charge in [-0.15, -0.1) is 0 Å². The molecule has 0 unspecified atom stereocenters. The monoisotopic (exact) mass is 212 g/mol. The predicted molar refractivity (Wildman–Crippen MR) is 41.4 cm³/mol. The van der Waals surface area contributed by atoms with Crippen LogP contribution in [-0.4, -0.2) is 16.6 Å². The van der Waals surface area contributed by atoms with Gasteiger partial charge in [0.2, 0.25) is 0 Å². The summed E-state index contributed by atoms with van der Waals surface area (Å²) in [4.78, 5) is 10.2. The number of aliphatic carboxylic acids is 1. The molecule has 0 aliphatic heterocycles. The molecule has 0 atom stereocenters. The van der Waals surface area contributed by atoms with Crippen LogP contribution < -0.4 is 42.0 Å². The Morgan fingerprint density at radius 3 is 2.08 bits per heavy atom. The van der Waals surface area contributed by atoms with Crippen LogP contribution in [0.1, 0.15) is 5.56 Å². The third-order valence-electron chi connectivity index (χ3n) is 1.20. The first kappa shape index (κ1) is 18.7. The van der Waals surface area contributed by atoms with Gasteiger partial charge in [-0.05, 0) is 5.56 Å². The van der Waals surface area contributed by atoms with Crippen LogP contribution in [0.5, 0.6) is 0 Å². The first-order chi connectivity index (χ1) is 4.79. The van der Waals surface area contributed by atoms with Crippen molar-refractivity contribution in [2.24, 2.45) is 0 Å². The maximum Gasteiger partial charge on any atom is 1.00 e. The molecule has 0 aliphatic rings. The van der Waals surface area contributed by atoms with Crippen molar-refractivity contribution >= 4 is 5.97 Å². The number of carboxylic acid groups (broad SMARTS) is 1. The molecule has 0 amide bonds. The first-order valence-electron chi connectivity index (χ1n) is 3.05. The maximum atomic E-state index is 10.2. The van der Waals surface area contributed by atoms with Crippen LogP contribution in [0.4, 0.5) is 0 Å². The van der Waals surface area contributed by atoms with Gasteiger partial charge in [-0.2, -0.15) is 0 Å². The number of carboxylic acids is 1. The van der Waals surface area contributed by atoms with Gasteiger partial charge in [-0.1, -0.05) is 30.3 Å². The number of hydrogen-bond acceptors (Lipinski definition) is 1. The van der Waals surface area contributed by atoms with E-state index in [9.17, 15) is 4.79 Å². The Labute approximate surface area is 105 Å². The van der Waals surface area contributed by atoms with Gasteiger partial charge >= 0.3 is 35.5 Å². The number of rotatable bonds is 2. The van der Waals surface area contributed by atoms with E-state index >= 15 is 0 Å². The van der Waals surface area contributed by atoms with Gasteiger partial charge < -0.3 is 23.0 Å². The van der Waals surface area contributed by atoms with Gasteiger partial charge in [0.25, 0.3) is 0 Å². The number of benzene rings is 1. The van der Waals surface area contributed by atoms with Crippen molar-refractivity contribution in [3.63, 3.8) is 0 Å². The molecule has 3 N–H and O–H groups in total. The van der Waals surface area contributed by atoms with Crippen LogP contribution in [0.2, 0.25) is 0 Å². The summed E-state index contributed by atoms with van der Waals surface area (Å²) < 4.78 is 0. The van der Waals surface area contributed by atoms with Crippen molar-refractivity contribution in [1.82, 2.24) is 0 Å². The third kappa shape index (κ3) is 8.28. The van der Waals surface area contributed by atoms with E-state index in [1.54, 1.807) is 12.1 Å². The van der Waals surface area contributed by atoms with Crippen molar-refractivity contribution in [3.8, 4) is 0 Å². The standard InChI is InChI=1S/C8H8O2.ClH.Na.H2O/c9-8(10)6-7-4-2-1-3-5-7;;;/h1-5H,6H2,(H,9,10);1H;;1H2/q;;+1;/p-1. The van der Waals surface area contributed by atoms with E-state index in [0.717, 1.165) is 5.56 Å². The van der Waals surface area contributed by atoms with E-state index in [0.29, 0.717) is 0 Å². The molecular formula is C8H10ClNaO3. The minimum Gasteiger partial charge on any atom is -1.00 e. The maximum absolute atomic E-state index is 10.2. The molecule has 0 spiro atoms. The summed E-state index contributed by atoms with van der Waals surface area (Å²) in [6.07, 6.45) is 0.112. The van der Waals surface area contributed by atoms with Crippen LogP contribution >= 0.6 is 0 Å². The van der Waals surface area contributed by atoms with Crippen LogP contribution in [0.15, 0.2) is 30.3 Å². The minimum atomic E-state index is -0.786. The molecule has 1 rings (SSSR count). The molecule has 0 bridgehead atoms. The largest absolute Gasteiger partial charge is 1.00 e. The van der Waals surface area contributed by atoms with Crippen molar-refractivity contribution in [3.05, 3.63) is 35.9 Å². The Morgan fingerprint density at radius 1 is 1.23 bits per heavy atom. The second kappa shape index (κ2) is 10.0. The number of hydrogen-bond donors (Lipinski definition) is 1. The summed E-state index contributed by atoms with van der Waals surface area (Å²) in [5.41, 5.74) is 0.843. The Kier molecular flexibility index (Phi) is 14.4. The first-order valence-corrected chi connectivity index (χ1v) is 3.05. The minimum absolute atomic E-state index is 0. The smallest absolute Gasteiger partial charge is 1.00 e. The topological polar surface area (TPSA) is 68.8 Å². The van der Waals surface area contributed by atoms with E-state index in [4.69, 9.17) is 5.11 Å². The number of halogens is 1. The fourth-order valence-electron chi connectivity index (χ4n) is 0.770. The van der Waals surface area contributed by atoms with Gasteiger partial charge in [0.1, 0.15) is 0 Å². The summed E-state index contributed by atoms with van der Waals surface area (Å²) in [5.74, 6) is -0.786. The second-order valence-electron chi connectivity index (χ2n) is 2.06. The zero-order chi connectivity index (χ0) is 7.40. The van der Waals surface area contributed by atoms with Crippen molar-refractivity contribution < 1.29 is 57.3 Å². The molecule has 0 saturated heterocycles. The van der Waals surface area contributed by atoms with Crippen molar-refractivity contribution in [2.75, 3.05) is 0 Å². The van der Waals surface area contributed by atoms with Gasteiger partial charge in [-0.25, -0.2) is 0 Å². The van der Waals surface area contributed by atoms with Crippen molar-refractivity contribution in [2.45, 2.75) is 6.42 Å². The van der Waals surface area contributed by atoms with Gasteiger partial charge in [-0.3, -0.25) is 4.79 Å². The van der Waals surface area contributed by atoms with Crippen LogP contribution in [-0.2, 0) is 11.2 Å². The molecule has 0 heterocycles. The molecule has 0 fully saturated rings. The molecule has 0 radical (unpaired) electrons. The zero-order valence-corrected chi connectivity index (χ0v) is 10.1. The Morgan fingerprint density at radius 2 is 1.69 bits per heavy atom. The van der Waals surface area contributed by atoms with Crippen molar-refractivity contribution in [1.29, 1.82) is 0 Å². The van der Waals surface area contributed by atoms with Gasteiger partial charge in [0.05, 0.1) is 6.42 Å². The molecule has 1 aromatic rings. The predicted octanol–water partition coefficient (Wildman–Crippen LogP) is -5.50. The summed E-state index contributed by atoms with van der Waals surface area (Å²) >= 11 is 0. The summed E-state index contributed by atoms with van der Waals surface area (Å²) in [7, 11) is 0. The van der Waals surface area contributed by atoms with E-state index in [-0.39, 0.29) is 53.9 Å². The Bertz CT molecular complexity index is 228. The average Bonchev–Trinajstić information content (AvgIpc) is 1.88. The van der Waals surface area contributed by atoms with Gasteiger partial charge in [0.15, 0.2) is 0 Å². The summed E-state index contributed by atoms with van der Waals surface area (Å²) in [5, 5.41) is 8.37. The molecule has 1 aromatic carbocycles.